The Morgan fingerprint density at radius 3 is 2.89 bits per heavy atom. The van der Waals surface area contributed by atoms with Crippen molar-refractivity contribution in [3.05, 3.63) is 46.5 Å². The minimum atomic E-state index is -0.171. The quantitative estimate of drug-likeness (QED) is 0.870. The van der Waals surface area contributed by atoms with Crippen molar-refractivity contribution < 1.29 is 4.79 Å². The van der Waals surface area contributed by atoms with Crippen LogP contribution in [0.15, 0.2) is 24.5 Å². The van der Waals surface area contributed by atoms with Gasteiger partial charge in [0.05, 0.1) is 11.3 Å². The second-order valence-electron chi connectivity index (χ2n) is 4.18. The van der Waals surface area contributed by atoms with E-state index in [1.54, 1.807) is 16.8 Å². The van der Waals surface area contributed by atoms with Gasteiger partial charge in [0.1, 0.15) is 5.15 Å². The standard InChI is InChI=1S/C13H15ClN4O/c1-3-11-10(8-18(2)17-11)7-16-13(19)9-4-5-12(14)15-6-9/h4-6,8H,3,7H2,1-2H3,(H,16,19). The van der Waals surface area contributed by atoms with Crippen molar-refractivity contribution in [1.82, 2.24) is 20.1 Å². The van der Waals surface area contributed by atoms with Crippen molar-refractivity contribution in [2.24, 2.45) is 7.05 Å². The molecule has 0 bridgehead atoms. The van der Waals surface area contributed by atoms with Crippen LogP contribution < -0.4 is 5.32 Å². The van der Waals surface area contributed by atoms with Gasteiger partial charge in [0, 0.05) is 31.5 Å². The number of hydrogen-bond donors (Lipinski definition) is 1. The Kier molecular flexibility index (Phi) is 4.16. The van der Waals surface area contributed by atoms with Crippen LogP contribution in [0.1, 0.15) is 28.5 Å². The van der Waals surface area contributed by atoms with Gasteiger partial charge in [0.15, 0.2) is 0 Å². The highest BCUT2D eigenvalue weighted by Gasteiger charge is 2.09. The fourth-order valence-electron chi connectivity index (χ4n) is 1.82. The van der Waals surface area contributed by atoms with Gasteiger partial charge >= 0.3 is 0 Å². The van der Waals surface area contributed by atoms with Crippen LogP contribution in [0.2, 0.25) is 5.15 Å². The molecule has 19 heavy (non-hydrogen) atoms. The second-order valence-corrected chi connectivity index (χ2v) is 4.57. The molecule has 0 spiro atoms. The molecule has 6 heteroatoms. The van der Waals surface area contributed by atoms with E-state index in [4.69, 9.17) is 11.6 Å². The molecule has 0 radical (unpaired) electrons. The van der Waals surface area contributed by atoms with Crippen molar-refractivity contribution >= 4 is 17.5 Å². The monoisotopic (exact) mass is 278 g/mol. The van der Waals surface area contributed by atoms with Gasteiger partial charge in [-0.05, 0) is 18.6 Å². The van der Waals surface area contributed by atoms with Crippen LogP contribution in [0.3, 0.4) is 0 Å². The van der Waals surface area contributed by atoms with E-state index in [1.807, 2.05) is 20.2 Å². The molecule has 2 aromatic heterocycles. The van der Waals surface area contributed by atoms with Crippen LogP contribution in [-0.4, -0.2) is 20.7 Å². The highest BCUT2D eigenvalue weighted by Crippen LogP contribution is 2.08. The molecule has 5 nitrogen and oxygen atoms in total. The molecular formula is C13H15ClN4O. The first-order valence-electron chi connectivity index (χ1n) is 6.01. The summed E-state index contributed by atoms with van der Waals surface area (Å²) in [5, 5.41) is 7.55. The van der Waals surface area contributed by atoms with Crippen molar-refractivity contribution in [2.75, 3.05) is 0 Å². The average Bonchev–Trinajstić information content (AvgIpc) is 2.77. The second kappa shape index (κ2) is 5.84. The van der Waals surface area contributed by atoms with Crippen molar-refractivity contribution in [1.29, 1.82) is 0 Å². The van der Waals surface area contributed by atoms with Gasteiger partial charge in [-0.25, -0.2) is 4.98 Å². The summed E-state index contributed by atoms with van der Waals surface area (Å²) in [6.45, 7) is 2.50. The van der Waals surface area contributed by atoms with Crippen LogP contribution in [-0.2, 0) is 20.0 Å². The van der Waals surface area contributed by atoms with Crippen molar-refractivity contribution in [3.8, 4) is 0 Å². The van der Waals surface area contributed by atoms with Crippen LogP contribution >= 0.6 is 11.6 Å². The van der Waals surface area contributed by atoms with E-state index in [0.29, 0.717) is 17.3 Å². The lowest BCUT2D eigenvalue weighted by Crippen LogP contribution is -2.23. The zero-order valence-corrected chi connectivity index (χ0v) is 11.6. The van der Waals surface area contributed by atoms with E-state index >= 15 is 0 Å². The Morgan fingerprint density at radius 2 is 2.26 bits per heavy atom. The number of pyridine rings is 1. The summed E-state index contributed by atoms with van der Waals surface area (Å²) < 4.78 is 1.75. The maximum Gasteiger partial charge on any atom is 0.253 e. The highest BCUT2D eigenvalue weighted by molar-refractivity contribution is 6.29. The summed E-state index contributed by atoms with van der Waals surface area (Å²) in [6, 6.07) is 3.24. The van der Waals surface area contributed by atoms with E-state index < -0.39 is 0 Å². The highest BCUT2D eigenvalue weighted by atomic mass is 35.5. The Labute approximate surface area is 116 Å². The molecule has 2 rings (SSSR count). The molecule has 0 aliphatic carbocycles. The molecule has 0 aliphatic rings. The number of aromatic nitrogens is 3. The molecule has 2 aromatic rings. The molecule has 0 fully saturated rings. The molecule has 0 saturated heterocycles. The predicted octanol–water partition coefficient (Wildman–Crippen LogP) is 1.96. The third-order valence-corrected chi connectivity index (χ3v) is 2.98. The number of halogens is 1. The van der Waals surface area contributed by atoms with E-state index in [9.17, 15) is 4.79 Å². The lowest BCUT2D eigenvalue weighted by molar-refractivity contribution is 0.0950. The van der Waals surface area contributed by atoms with E-state index in [0.717, 1.165) is 17.7 Å². The summed E-state index contributed by atoms with van der Waals surface area (Å²) in [4.78, 5) is 15.8. The van der Waals surface area contributed by atoms with Gasteiger partial charge in [-0.15, -0.1) is 0 Å². The van der Waals surface area contributed by atoms with E-state index in [2.05, 4.69) is 15.4 Å². The van der Waals surface area contributed by atoms with Crippen LogP contribution in [0.25, 0.3) is 0 Å². The Bertz CT molecular complexity index is 577. The summed E-state index contributed by atoms with van der Waals surface area (Å²) in [6.07, 6.45) is 4.22. The SMILES string of the molecule is CCc1nn(C)cc1CNC(=O)c1ccc(Cl)nc1. The molecule has 1 N–H and O–H groups in total. The van der Waals surface area contributed by atoms with Crippen LogP contribution in [0.5, 0.6) is 0 Å². The maximum absolute atomic E-state index is 11.9. The Morgan fingerprint density at radius 1 is 1.47 bits per heavy atom. The largest absolute Gasteiger partial charge is 0.348 e. The van der Waals surface area contributed by atoms with Gasteiger partial charge in [-0.3, -0.25) is 9.48 Å². The summed E-state index contributed by atoms with van der Waals surface area (Å²) in [5.74, 6) is -0.171. The predicted molar refractivity (Wildman–Crippen MR) is 73.0 cm³/mol. The summed E-state index contributed by atoms with van der Waals surface area (Å²) in [7, 11) is 1.87. The number of amides is 1. The van der Waals surface area contributed by atoms with Gasteiger partial charge in [-0.2, -0.15) is 5.10 Å². The number of nitrogens with one attached hydrogen (secondary N) is 1. The zero-order chi connectivity index (χ0) is 13.8. The Hall–Kier alpha value is -1.88. The first-order valence-corrected chi connectivity index (χ1v) is 6.39. The number of nitrogens with zero attached hydrogens (tertiary/aromatic N) is 3. The summed E-state index contributed by atoms with van der Waals surface area (Å²) >= 11 is 5.68. The number of rotatable bonds is 4. The van der Waals surface area contributed by atoms with Crippen LogP contribution in [0.4, 0.5) is 0 Å². The zero-order valence-electron chi connectivity index (χ0n) is 10.9. The number of hydrogen-bond acceptors (Lipinski definition) is 3. The van der Waals surface area contributed by atoms with E-state index in [1.165, 1.54) is 6.20 Å². The molecule has 2 heterocycles. The summed E-state index contributed by atoms with van der Waals surface area (Å²) in [5.41, 5.74) is 2.52. The number of aryl methyl sites for hydroxylation is 2. The smallest absolute Gasteiger partial charge is 0.253 e. The van der Waals surface area contributed by atoms with Gasteiger partial charge < -0.3 is 5.32 Å². The third-order valence-electron chi connectivity index (χ3n) is 2.76. The lowest BCUT2D eigenvalue weighted by Gasteiger charge is -2.04. The molecular weight excluding hydrogens is 264 g/mol. The molecule has 0 aromatic carbocycles. The number of carbonyl (C=O) groups is 1. The fourth-order valence-corrected chi connectivity index (χ4v) is 1.93. The lowest BCUT2D eigenvalue weighted by atomic mass is 10.2. The van der Waals surface area contributed by atoms with Gasteiger partial charge in [0.2, 0.25) is 0 Å². The topological polar surface area (TPSA) is 59.8 Å². The van der Waals surface area contributed by atoms with E-state index in [-0.39, 0.29) is 5.91 Å². The van der Waals surface area contributed by atoms with Gasteiger partial charge in [0.25, 0.3) is 5.91 Å². The molecule has 0 atom stereocenters. The minimum absolute atomic E-state index is 0.171. The average molecular weight is 279 g/mol. The van der Waals surface area contributed by atoms with Crippen LogP contribution in [0, 0.1) is 0 Å². The van der Waals surface area contributed by atoms with Crippen molar-refractivity contribution in [2.45, 2.75) is 19.9 Å². The normalized spacial score (nSPS) is 10.5. The molecule has 1 amide bonds. The molecule has 0 unspecified atom stereocenters. The first kappa shape index (κ1) is 13.5. The first-order chi connectivity index (χ1) is 9.10. The molecule has 0 aliphatic heterocycles. The Balaban J connectivity index is 2.02. The minimum Gasteiger partial charge on any atom is -0.348 e. The van der Waals surface area contributed by atoms with Gasteiger partial charge in [-0.1, -0.05) is 18.5 Å². The van der Waals surface area contributed by atoms with Crippen molar-refractivity contribution in [3.63, 3.8) is 0 Å². The molecule has 0 saturated carbocycles. The number of carbonyl (C=O) groups excluding carboxylic acids is 1. The fraction of sp³-hybridized carbons (Fsp3) is 0.308. The third kappa shape index (κ3) is 3.32. The maximum atomic E-state index is 11.9. The molecule has 100 valence electrons.